The lowest BCUT2D eigenvalue weighted by atomic mass is 9.88. The number of hydrogen-bond acceptors (Lipinski definition) is 4. The van der Waals surface area contributed by atoms with Gasteiger partial charge in [-0.25, -0.2) is 4.98 Å². The van der Waals surface area contributed by atoms with Crippen LogP contribution in [0.2, 0.25) is 0 Å². The molecule has 6 heterocycles. The zero-order chi connectivity index (χ0) is 68.0. The Labute approximate surface area is 528 Å². The lowest BCUT2D eigenvalue weighted by molar-refractivity contribution is -0.571. The van der Waals surface area contributed by atoms with Gasteiger partial charge in [-0.1, -0.05) is 227 Å². The van der Waals surface area contributed by atoms with Crippen molar-refractivity contribution in [2.45, 2.75) is 26.2 Å². The van der Waals surface area contributed by atoms with Crippen LogP contribution in [0.3, 0.4) is 0 Å². The summed E-state index contributed by atoms with van der Waals surface area (Å²) in [5, 5.41) is 6.25. The molecule has 0 amide bonds. The molecule has 0 N–H and O–H groups in total. The van der Waals surface area contributed by atoms with Crippen LogP contribution in [0.4, 0.5) is 17.2 Å². The molecule has 11 aromatic carbocycles. The van der Waals surface area contributed by atoms with E-state index in [1.165, 1.54) is 0 Å². The number of para-hydroxylation sites is 8. The summed E-state index contributed by atoms with van der Waals surface area (Å²) in [5.41, 5.74) is 9.83. The fraction of sp³-hybridized carbons (Fsp3) is 0.0500. The van der Waals surface area contributed by atoms with Gasteiger partial charge < -0.3 is 0 Å². The van der Waals surface area contributed by atoms with Gasteiger partial charge >= 0.3 is 0 Å². The van der Waals surface area contributed by atoms with Crippen LogP contribution >= 0.6 is 0 Å². The number of benzene rings is 11. The summed E-state index contributed by atoms with van der Waals surface area (Å²) in [6.45, 7) is 6.60. The summed E-state index contributed by atoms with van der Waals surface area (Å²) in [5.74, 6) is 2.29. The minimum absolute atomic E-state index is 0.135. The summed E-state index contributed by atoms with van der Waals surface area (Å²) in [6.07, 6.45) is 5.49. The summed E-state index contributed by atoms with van der Waals surface area (Å²) in [4.78, 5) is 18.6. The van der Waals surface area contributed by atoms with Crippen LogP contribution in [-0.4, -0.2) is 33.2 Å². The summed E-state index contributed by atoms with van der Waals surface area (Å²) < 4.78 is 100.0. The van der Waals surface area contributed by atoms with Gasteiger partial charge in [0.2, 0.25) is 5.95 Å². The first-order valence-corrected chi connectivity index (χ1v) is 29.4. The van der Waals surface area contributed by atoms with Crippen LogP contribution in [-0.2, 0) is 5.41 Å². The lowest BCUT2D eigenvalue weighted by Crippen LogP contribution is -2.31. The van der Waals surface area contributed by atoms with Crippen molar-refractivity contribution < 1.29 is 18.3 Å². The normalized spacial score (nSPS) is 13.6. The Morgan fingerprint density at radius 3 is 1.49 bits per heavy atom. The Bertz CT molecular complexity index is 5890. The molecule has 422 valence electrons. The molecule has 6 aromatic heterocycles. The van der Waals surface area contributed by atoms with E-state index in [0.29, 0.717) is 40.0 Å². The summed E-state index contributed by atoms with van der Waals surface area (Å²) >= 11 is 0. The first-order chi connectivity index (χ1) is 47.9. The summed E-state index contributed by atoms with van der Waals surface area (Å²) in [6, 6.07) is 69.4. The average molecular weight is 1150 g/mol. The monoisotopic (exact) mass is 1150 g/mol. The molecule has 0 atom stereocenters. The van der Waals surface area contributed by atoms with Gasteiger partial charge in [-0.2, -0.15) is 9.97 Å². The van der Waals surface area contributed by atoms with Gasteiger partial charge in [0.15, 0.2) is 0 Å². The van der Waals surface area contributed by atoms with Gasteiger partial charge in [0.1, 0.15) is 17.5 Å². The van der Waals surface area contributed by atoms with Crippen LogP contribution in [0.1, 0.15) is 40.0 Å². The van der Waals surface area contributed by atoms with Gasteiger partial charge in [0.25, 0.3) is 6.33 Å². The molecule has 0 aliphatic carbocycles. The molecule has 0 spiro atoms. The van der Waals surface area contributed by atoms with Gasteiger partial charge in [-0.15, -0.1) is 0 Å². The van der Waals surface area contributed by atoms with Gasteiger partial charge in [-0.05, 0) is 106 Å². The van der Waals surface area contributed by atoms with E-state index in [-0.39, 0.29) is 33.4 Å². The Hall–Kier alpha value is -11.7. The minimum Gasteiger partial charge on any atom is -0.295 e. The first kappa shape index (κ1) is 42.2. The average Bonchev–Trinajstić information content (AvgIpc) is 1.74. The van der Waals surface area contributed by atoms with E-state index in [2.05, 4.69) is 155 Å². The number of hydrogen-bond donors (Lipinski definition) is 0. The topological polar surface area (TPSA) is 65.5 Å². The number of nitrogens with zero attached hydrogens (tertiary/aromatic N) is 9. The van der Waals surface area contributed by atoms with Crippen molar-refractivity contribution in [2.75, 3.05) is 4.90 Å². The Morgan fingerprint density at radius 1 is 0.427 bits per heavy atom. The highest BCUT2D eigenvalue weighted by Crippen LogP contribution is 2.43. The van der Waals surface area contributed by atoms with E-state index < -0.39 is 60.4 Å². The highest BCUT2D eigenvalue weighted by atomic mass is 15.3. The van der Waals surface area contributed by atoms with Crippen LogP contribution in [0.15, 0.2) is 291 Å². The van der Waals surface area contributed by atoms with Crippen molar-refractivity contribution >= 4 is 93.6 Å². The quantitative estimate of drug-likeness (QED) is 0.101. The molecule has 17 rings (SSSR count). The van der Waals surface area contributed by atoms with Crippen molar-refractivity contribution in [1.82, 2.24) is 33.2 Å². The molecule has 0 bridgehead atoms. The maximum absolute atomic E-state index is 9.33. The van der Waals surface area contributed by atoms with E-state index >= 15 is 0 Å². The SMILES string of the molecule is [2H]c1c([2H])c([2H])c(-c2cccc(-c3c([2H])c([2H])c([2H])c([2H])c3[2H])c2-[n+]2[c-]n(-c3cccc(N(c4ccc5c6ccccc6n(-c6cc(C(C)(C)C)ccn6)c5c4)c4cc(-n5c6ccccc6c6ccccc65)nc(-n5c6ccccc6c6ccccc65)n4)c3)c3ccccc32)c([2H])c1[2H]. The minimum atomic E-state index is -0.583. The lowest BCUT2D eigenvalue weighted by Gasteiger charge is -2.26. The molecule has 0 radical (unpaired) electrons. The van der Waals surface area contributed by atoms with E-state index in [9.17, 15) is 5.48 Å². The fourth-order valence-electron chi connectivity index (χ4n) is 13.0. The second kappa shape index (κ2) is 20.5. The molecule has 0 fully saturated rings. The standard InChI is InChI=1S/C80H57N9/c1-80(2,3)55-46-47-81-75(48-55)88-69-39-17-12-34-65(69)66-45-44-58(50-74(66)88)86(57-29-22-28-56(49-57)84-52-85(73-43-21-20-42-72(73)84)78-59(53-24-6-4-7-25-53)35-23-36-60(78)54-26-8-5-9-27-54)76-51-77(87-67-37-15-10-30-61(67)62-31-11-16-38-68(62)87)83-79(82-76)89-70-40-18-13-32-63(70)64-33-14-19-41-71(64)89/h4-51H,1-3H3/i4D,5D,6D,7D,8D,9D,24D,25D,26D,27D. The predicted molar refractivity (Wildman–Crippen MR) is 364 cm³/mol. The number of rotatable bonds is 10. The third kappa shape index (κ3) is 8.45. The molecule has 0 saturated carbocycles. The van der Waals surface area contributed by atoms with E-state index in [0.717, 1.165) is 82.5 Å². The molecule has 0 saturated heterocycles. The molecule has 0 aliphatic rings. The molecule has 89 heavy (non-hydrogen) atoms. The Balaban J connectivity index is 0.961. The van der Waals surface area contributed by atoms with E-state index in [1.807, 2.05) is 108 Å². The smallest absolute Gasteiger partial charge is 0.269 e. The van der Waals surface area contributed by atoms with Crippen molar-refractivity contribution in [3.05, 3.63) is 303 Å². The van der Waals surface area contributed by atoms with Crippen LogP contribution in [0, 0.1) is 6.33 Å². The number of pyridine rings is 1. The van der Waals surface area contributed by atoms with Crippen molar-refractivity contribution in [1.29, 1.82) is 0 Å². The molecule has 0 aliphatic heterocycles. The van der Waals surface area contributed by atoms with E-state index in [1.54, 1.807) is 22.8 Å². The number of anilines is 3. The van der Waals surface area contributed by atoms with E-state index in [4.69, 9.17) is 23.2 Å². The van der Waals surface area contributed by atoms with Crippen LogP contribution in [0.25, 0.3) is 128 Å². The second-order valence-electron chi connectivity index (χ2n) is 23.1. The maximum atomic E-state index is 9.33. The first-order valence-electron chi connectivity index (χ1n) is 34.4. The summed E-state index contributed by atoms with van der Waals surface area (Å²) in [7, 11) is 0. The van der Waals surface area contributed by atoms with Crippen LogP contribution < -0.4 is 9.47 Å². The van der Waals surface area contributed by atoms with Crippen molar-refractivity contribution in [3.63, 3.8) is 0 Å². The zero-order valence-corrected chi connectivity index (χ0v) is 48.5. The maximum Gasteiger partial charge on any atom is 0.269 e. The van der Waals surface area contributed by atoms with Gasteiger partial charge in [-0.3, -0.25) is 27.7 Å². The zero-order valence-electron chi connectivity index (χ0n) is 58.5. The third-order valence-electron chi connectivity index (χ3n) is 17.0. The molecule has 9 nitrogen and oxygen atoms in total. The van der Waals surface area contributed by atoms with Crippen molar-refractivity contribution in [2.24, 2.45) is 0 Å². The predicted octanol–water partition coefficient (Wildman–Crippen LogP) is 19.3. The number of aromatic nitrogens is 8. The largest absolute Gasteiger partial charge is 0.295 e. The van der Waals surface area contributed by atoms with Gasteiger partial charge in [0, 0.05) is 56.0 Å². The Kier molecular flexibility index (Phi) is 9.72. The second-order valence-corrected chi connectivity index (χ2v) is 23.1. The Morgan fingerprint density at radius 2 is 0.921 bits per heavy atom. The third-order valence-corrected chi connectivity index (χ3v) is 17.0. The molecule has 9 heteroatoms. The molecule has 17 aromatic rings. The van der Waals surface area contributed by atoms with Crippen molar-refractivity contribution in [3.8, 4) is 51.2 Å². The number of fused-ring (bicyclic) bond motifs is 10. The van der Waals surface area contributed by atoms with Gasteiger partial charge in [0.05, 0.1) is 69.2 Å². The van der Waals surface area contributed by atoms with Crippen LogP contribution in [0.5, 0.6) is 0 Å². The highest BCUT2D eigenvalue weighted by molar-refractivity contribution is 6.12. The molecule has 0 unspecified atom stereocenters. The number of imidazole rings is 1. The highest BCUT2D eigenvalue weighted by Gasteiger charge is 2.27. The molecular weight excluding hydrogens is 1090 g/mol. The molecular formula is C80H57N9. The fourth-order valence-corrected chi connectivity index (χ4v) is 13.0.